The van der Waals surface area contributed by atoms with E-state index in [-0.39, 0.29) is 5.56 Å². The van der Waals surface area contributed by atoms with Gasteiger partial charge in [-0.05, 0) is 85.3 Å². The molecule has 1 aromatic heterocycles. The zero-order valence-corrected chi connectivity index (χ0v) is 20.3. The number of ether oxygens (including phenoxy) is 2. The minimum absolute atomic E-state index is 0.243. The molecule has 1 atom stereocenters. The SMILES string of the molecule is CCOC(=O)[C@H](C)Oc1ccc(C=Nn2c(C)nc3ccc(Br)cc3c2=O)cc1I. The van der Waals surface area contributed by atoms with Gasteiger partial charge in [-0.15, -0.1) is 0 Å². The Labute approximate surface area is 195 Å². The van der Waals surface area contributed by atoms with E-state index < -0.39 is 12.1 Å². The molecule has 0 aliphatic carbocycles. The fraction of sp³-hybridized carbons (Fsp3) is 0.238. The molecule has 0 unspecified atom stereocenters. The number of hydrogen-bond donors (Lipinski definition) is 0. The highest BCUT2D eigenvalue weighted by Crippen LogP contribution is 2.23. The quantitative estimate of drug-likeness (QED) is 0.246. The van der Waals surface area contributed by atoms with Crippen LogP contribution in [-0.4, -0.2) is 34.6 Å². The molecular formula is C21H19BrIN3O4. The molecule has 0 amide bonds. The molecule has 0 bridgehead atoms. The van der Waals surface area contributed by atoms with E-state index in [0.717, 1.165) is 13.6 Å². The molecule has 0 fully saturated rings. The number of nitrogens with zero attached hydrogens (tertiary/aromatic N) is 3. The molecule has 0 radical (unpaired) electrons. The van der Waals surface area contributed by atoms with Crippen molar-refractivity contribution in [3.05, 3.63) is 66.2 Å². The van der Waals surface area contributed by atoms with Crippen LogP contribution in [0, 0.1) is 10.5 Å². The number of benzene rings is 2. The topological polar surface area (TPSA) is 82.8 Å². The molecular weight excluding hydrogens is 565 g/mol. The summed E-state index contributed by atoms with van der Waals surface area (Å²) in [6.07, 6.45) is 0.878. The molecule has 2 aromatic carbocycles. The Balaban J connectivity index is 1.86. The Morgan fingerprint density at radius 3 is 2.80 bits per heavy atom. The van der Waals surface area contributed by atoms with Crippen LogP contribution in [0.15, 0.2) is 50.8 Å². The maximum atomic E-state index is 12.8. The first-order valence-electron chi connectivity index (χ1n) is 9.16. The van der Waals surface area contributed by atoms with Gasteiger partial charge in [0.1, 0.15) is 11.6 Å². The zero-order valence-electron chi connectivity index (χ0n) is 16.6. The standard InChI is InChI=1S/C21H19BrIN3O4/c1-4-29-21(28)12(2)30-19-8-5-14(9-17(19)23)11-24-26-13(3)25-18-7-6-15(22)10-16(18)20(26)27/h5-12H,4H2,1-3H3/t12-/m0/s1. The second kappa shape index (κ2) is 9.69. The maximum Gasteiger partial charge on any atom is 0.347 e. The smallest absolute Gasteiger partial charge is 0.347 e. The van der Waals surface area contributed by atoms with E-state index in [9.17, 15) is 9.59 Å². The molecule has 3 rings (SSSR count). The van der Waals surface area contributed by atoms with Crippen LogP contribution in [0.2, 0.25) is 0 Å². The van der Waals surface area contributed by atoms with E-state index in [1.807, 2.05) is 12.1 Å². The van der Waals surface area contributed by atoms with Gasteiger partial charge in [0.2, 0.25) is 0 Å². The number of esters is 1. The number of halogens is 2. The van der Waals surface area contributed by atoms with Crippen molar-refractivity contribution in [1.82, 2.24) is 9.66 Å². The predicted molar refractivity (Wildman–Crippen MR) is 127 cm³/mol. The van der Waals surface area contributed by atoms with E-state index in [2.05, 4.69) is 48.6 Å². The van der Waals surface area contributed by atoms with Crippen molar-refractivity contribution in [3.63, 3.8) is 0 Å². The summed E-state index contributed by atoms with van der Waals surface area (Å²) in [5, 5.41) is 4.81. The molecule has 156 valence electrons. The fourth-order valence-electron chi connectivity index (χ4n) is 2.71. The molecule has 0 spiro atoms. The summed E-state index contributed by atoms with van der Waals surface area (Å²) in [5.74, 6) is 0.645. The van der Waals surface area contributed by atoms with E-state index in [1.165, 1.54) is 4.68 Å². The van der Waals surface area contributed by atoms with Gasteiger partial charge in [-0.3, -0.25) is 4.79 Å². The third-order valence-corrected chi connectivity index (χ3v) is 5.51. The molecule has 0 saturated heterocycles. The van der Waals surface area contributed by atoms with Gasteiger partial charge in [0.15, 0.2) is 6.10 Å². The number of aryl methyl sites for hydroxylation is 1. The largest absolute Gasteiger partial charge is 0.478 e. The Hall–Kier alpha value is -2.27. The van der Waals surface area contributed by atoms with Gasteiger partial charge in [-0.1, -0.05) is 15.9 Å². The van der Waals surface area contributed by atoms with Crippen LogP contribution in [0.5, 0.6) is 5.75 Å². The minimum Gasteiger partial charge on any atom is -0.478 e. The Bertz CT molecular complexity index is 1190. The third kappa shape index (κ3) is 5.07. The van der Waals surface area contributed by atoms with Crippen LogP contribution >= 0.6 is 38.5 Å². The highest BCUT2D eigenvalue weighted by atomic mass is 127. The second-order valence-electron chi connectivity index (χ2n) is 6.38. The number of aromatic nitrogens is 2. The maximum absolute atomic E-state index is 12.8. The molecule has 0 aliphatic heterocycles. The van der Waals surface area contributed by atoms with Crippen LogP contribution in [0.25, 0.3) is 10.9 Å². The molecule has 9 heteroatoms. The average Bonchev–Trinajstić information content (AvgIpc) is 2.70. The van der Waals surface area contributed by atoms with Crippen molar-refractivity contribution in [2.75, 3.05) is 6.61 Å². The lowest BCUT2D eigenvalue weighted by atomic mass is 10.2. The van der Waals surface area contributed by atoms with Crippen molar-refractivity contribution in [2.45, 2.75) is 26.9 Å². The number of rotatable bonds is 6. The van der Waals surface area contributed by atoms with Gasteiger partial charge in [0.25, 0.3) is 5.56 Å². The summed E-state index contributed by atoms with van der Waals surface area (Å²) in [5.41, 5.74) is 1.16. The van der Waals surface area contributed by atoms with Crippen molar-refractivity contribution < 1.29 is 14.3 Å². The minimum atomic E-state index is -0.706. The number of fused-ring (bicyclic) bond motifs is 1. The van der Waals surface area contributed by atoms with Crippen molar-refractivity contribution in [2.24, 2.45) is 5.10 Å². The molecule has 0 saturated carbocycles. The van der Waals surface area contributed by atoms with Crippen molar-refractivity contribution in [1.29, 1.82) is 0 Å². The second-order valence-corrected chi connectivity index (χ2v) is 8.46. The van der Waals surface area contributed by atoms with Gasteiger partial charge < -0.3 is 9.47 Å². The van der Waals surface area contributed by atoms with Crippen molar-refractivity contribution >= 4 is 61.6 Å². The predicted octanol–water partition coefficient (Wildman–Crippen LogP) is 4.28. The normalized spacial score (nSPS) is 12.3. The van der Waals surface area contributed by atoms with Crippen LogP contribution in [-0.2, 0) is 9.53 Å². The highest BCUT2D eigenvalue weighted by Gasteiger charge is 2.17. The molecule has 0 N–H and O–H groups in total. The third-order valence-electron chi connectivity index (χ3n) is 4.17. The number of carbonyl (C=O) groups excluding carboxylic acids is 1. The van der Waals surface area contributed by atoms with E-state index in [1.54, 1.807) is 51.3 Å². The van der Waals surface area contributed by atoms with Crippen molar-refractivity contribution in [3.8, 4) is 5.75 Å². The lowest BCUT2D eigenvalue weighted by Crippen LogP contribution is -2.26. The molecule has 1 heterocycles. The van der Waals surface area contributed by atoms with E-state index >= 15 is 0 Å². The first-order chi connectivity index (χ1) is 14.3. The summed E-state index contributed by atoms with van der Waals surface area (Å²) >= 11 is 5.50. The molecule has 7 nitrogen and oxygen atoms in total. The molecule has 30 heavy (non-hydrogen) atoms. The van der Waals surface area contributed by atoms with Crippen LogP contribution in [0.1, 0.15) is 25.2 Å². The van der Waals surface area contributed by atoms with Crippen LogP contribution in [0.4, 0.5) is 0 Å². The summed E-state index contributed by atoms with van der Waals surface area (Å²) in [6.45, 7) is 5.43. The lowest BCUT2D eigenvalue weighted by Gasteiger charge is -2.14. The summed E-state index contributed by atoms with van der Waals surface area (Å²) < 4.78 is 13.5. The van der Waals surface area contributed by atoms with Crippen LogP contribution in [0.3, 0.4) is 0 Å². The monoisotopic (exact) mass is 583 g/mol. The number of hydrogen-bond acceptors (Lipinski definition) is 6. The first-order valence-corrected chi connectivity index (χ1v) is 11.0. The fourth-order valence-corrected chi connectivity index (χ4v) is 3.74. The van der Waals surface area contributed by atoms with Gasteiger partial charge in [0.05, 0.1) is 27.3 Å². The number of carbonyl (C=O) groups is 1. The van der Waals surface area contributed by atoms with Crippen LogP contribution < -0.4 is 10.3 Å². The van der Waals surface area contributed by atoms with Gasteiger partial charge >= 0.3 is 5.97 Å². The van der Waals surface area contributed by atoms with E-state index in [0.29, 0.717) is 29.1 Å². The van der Waals surface area contributed by atoms with E-state index in [4.69, 9.17) is 9.47 Å². The summed E-state index contributed by atoms with van der Waals surface area (Å²) in [6, 6.07) is 10.8. The van der Waals surface area contributed by atoms with Gasteiger partial charge in [0, 0.05) is 4.47 Å². The molecule has 0 aliphatic rings. The average molecular weight is 584 g/mol. The Morgan fingerprint density at radius 1 is 1.33 bits per heavy atom. The zero-order chi connectivity index (χ0) is 21.8. The lowest BCUT2D eigenvalue weighted by molar-refractivity contribution is -0.150. The van der Waals surface area contributed by atoms with Gasteiger partial charge in [-0.25, -0.2) is 9.78 Å². The summed E-state index contributed by atoms with van der Waals surface area (Å²) in [4.78, 5) is 29.0. The van der Waals surface area contributed by atoms with Gasteiger partial charge in [-0.2, -0.15) is 9.78 Å². The Kier molecular flexibility index (Phi) is 7.24. The first kappa shape index (κ1) is 22.4. The molecule has 3 aromatic rings. The highest BCUT2D eigenvalue weighted by molar-refractivity contribution is 14.1. The Morgan fingerprint density at radius 2 is 2.10 bits per heavy atom. The summed E-state index contributed by atoms with van der Waals surface area (Å²) in [7, 11) is 0.